The van der Waals surface area contributed by atoms with Gasteiger partial charge in [0.15, 0.2) is 0 Å². The molecule has 0 saturated heterocycles. The van der Waals surface area contributed by atoms with Gasteiger partial charge in [0, 0.05) is 6.54 Å². The van der Waals surface area contributed by atoms with Crippen LogP contribution >= 0.6 is 0 Å². The first-order valence-corrected chi connectivity index (χ1v) is 7.90. The molecule has 0 atom stereocenters. The van der Waals surface area contributed by atoms with Gasteiger partial charge in [-0.3, -0.25) is 0 Å². The van der Waals surface area contributed by atoms with Gasteiger partial charge in [-0.1, -0.05) is 26.7 Å². The number of hydrogen-bond acceptors (Lipinski definition) is 2. The molecule has 1 aliphatic carbocycles. The van der Waals surface area contributed by atoms with E-state index in [0.29, 0.717) is 17.3 Å². The van der Waals surface area contributed by atoms with Crippen molar-refractivity contribution in [1.29, 1.82) is 0 Å². The summed E-state index contributed by atoms with van der Waals surface area (Å²) < 4.78 is 15.6. The second-order valence-corrected chi connectivity index (χ2v) is 6.99. The summed E-state index contributed by atoms with van der Waals surface area (Å²) in [5.74, 6) is 0.939. The van der Waals surface area contributed by atoms with Crippen molar-refractivity contribution in [3.05, 3.63) is 24.0 Å². The molecule has 2 aromatic rings. The fourth-order valence-corrected chi connectivity index (χ4v) is 4.03. The molecule has 1 heterocycles. The molecule has 0 radical (unpaired) electrons. The van der Waals surface area contributed by atoms with Crippen LogP contribution in [0, 0.1) is 17.2 Å². The second-order valence-electron chi connectivity index (χ2n) is 6.99. The normalized spacial score (nSPS) is 17.9. The van der Waals surface area contributed by atoms with Gasteiger partial charge in [0.1, 0.15) is 5.82 Å². The highest BCUT2D eigenvalue weighted by molar-refractivity contribution is 5.78. The minimum absolute atomic E-state index is 0.229. The lowest BCUT2D eigenvalue weighted by Gasteiger charge is -2.32. The molecule has 0 amide bonds. The van der Waals surface area contributed by atoms with E-state index in [1.54, 1.807) is 12.1 Å². The Morgan fingerprint density at radius 2 is 2.05 bits per heavy atom. The van der Waals surface area contributed by atoms with Crippen LogP contribution in [-0.4, -0.2) is 9.55 Å². The molecule has 1 saturated carbocycles. The van der Waals surface area contributed by atoms with Crippen LogP contribution in [-0.2, 0) is 6.54 Å². The average Bonchev–Trinajstić information content (AvgIpc) is 2.96. The van der Waals surface area contributed by atoms with Crippen molar-refractivity contribution in [3.63, 3.8) is 0 Å². The van der Waals surface area contributed by atoms with Gasteiger partial charge in [-0.15, -0.1) is 0 Å². The van der Waals surface area contributed by atoms with Crippen LogP contribution in [0.25, 0.3) is 11.0 Å². The standard InChI is InChI=1S/C17H24FN3/c1-12(2)10-17(7-3-4-8-17)11-21-15-9-13(18)5-6-14(15)20-16(21)19/h5-6,9,12H,3-4,7-8,10-11H2,1-2H3,(H2,19,20). The highest BCUT2D eigenvalue weighted by Gasteiger charge is 2.35. The van der Waals surface area contributed by atoms with Crippen LogP contribution in [0.1, 0.15) is 46.0 Å². The summed E-state index contributed by atoms with van der Waals surface area (Å²) >= 11 is 0. The smallest absolute Gasteiger partial charge is 0.201 e. The van der Waals surface area contributed by atoms with Gasteiger partial charge in [0.05, 0.1) is 11.0 Å². The lowest BCUT2D eigenvalue weighted by atomic mass is 9.78. The Labute approximate surface area is 125 Å². The monoisotopic (exact) mass is 289 g/mol. The quantitative estimate of drug-likeness (QED) is 0.908. The van der Waals surface area contributed by atoms with E-state index in [1.165, 1.54) is 38.2 Å². The van der Waals surface area contributed by atoms with Crippen molar-refractivity contribution >= 4 is 17.0 Å². The van der Waals surface area contributed by atoms with Gasteiger partial charge < -0.3 is 10.3 Å². The minimum atomic E-state index is -0.229. The number of fused-ring (bicyclic) bond motifs is 1. The maximum absolute atomic E-state index is 13.6. The summed E-state index contributed by atoms with van der Waals surface area (Å²) in [6, 6.07) is 4.70. The zero-order valence-electron chi connectivity index (χ0n) is 12.9. The van der Waals surface area contributed by atoms with E-state index in [9.17, 15) is 4.39 Å². The first-order chi connectivity index (χ1) is 9.99. The summed E-state index contributed by atoms with van der Waals surface area (Å²) in [5, 5.41) is 0. The molecule has 3 nitrogen and oxygen atoms in total. The third kappa shape index (κ3) is 2.76. The molecule has 3 rings (SSSR count). The fourth-order valence-electron chi connectivity index (χ4n) is 4.03. The van der Waals surface area contributed by atoms with E-state index in [0.717, 1.165) is 17.6 Å². The van der Waals surface area contributed by atoms with E-state index < -0.39 is 0 Å². The predicted octanol–water partition coefficient (Wildman–Crippen LogP) is 4.36. The van der Waals surface area contributed by atoms with Gasteiger partial charge in [-0.05, 0) is 48.8 Å². The molecule has 0 spiro atoms. The lowest BCUT2D eigenvalue weighted by molar-refractivity contribution is 0.200. The SMILES string of the molecule is CC(C)CC1(Cn2c(N)nc3ccc(F)cc32)CCCC1. The molecule has 1 fully saturated rings. The number of nitrogen functional groups attached to an aromatic ring is 1. The van der Waals surface area contributed by atoms with Crippen molar-refractivity contribution in [1.82, 2.24) is 9.55 Å². The van der Waals surface area contributed by atoms with Gasteiger partial charge in [-0.25, -0.2) is 9.37 Å². The van der Waals surface area contributed by atoms with Crippen LogP contribution < -0.4 is 5.73 Å². The fraction of sp³-hybridized carbons (Fsp3) is 0.588. The average molecular weight is 289 g/mol. The Hall–Kier alpha value is -1.58. The van der Waals surface area contributed by atoms with Gasteiger partial charge in [0.2, 0.25) is 5.95 Å². The number of rotatable bonds is 4. The second kappa shape index (κ2) is 5.32. The van der Waals surface area contributed by atoms with Crippen molar-refractivity contribution in [3.8, 4) is 0 Å². The van der Waals surface area contributed by atoms with Crippen LogP contribution in [0.5, 0.6) is 0 Å². The highest BCUT2D eigenvalue weighted by atomic mass is 19.1. The highest BCUT2D eigenvalue weighted by Crippen LogP contribution is 2.45. The molecule has 2 N–H and O–H groups in total. The van der Waals surface area contributed by atoms with Gasteiger partial charge in [0.25, 0.3) is 0 Å². The third-order valence-electron chi connectivity index (χ3n) is 4.74. The summed E-state index contributed by atoms with van der Waals surface area (Å²) in [4.78, 5) is 4.38. The maximum atomic E-state index is 13.6. The number of nitrogens with zero attached hydrogens (tertiary/aromatic N) is 2. The number of benzene rings is 1. The number of halogens is 1. The Balaban J connectivity index is 1.99. The van der Waals surface area contributed by atoms with Crippen LogP contribution in [0.2, 0.25) is 0 Å². The number of nitrogens with two attached hydrogens (primary N) is 1. The van der Waals surface area contributed by atoms with Crippen LogP contribution in [0.3, 0.4) is 0 Å². The van der Waals surface area contributed by atoms with E-state index in [4.69, 9.17) is 5.73 Å². The molecular weight excluding hydrogens is 265 g/mol. The van der Waals surface area contributed by atoms with Gasteiger partial charge in [-0.2, -0.15) is 0 Å². The Morgan fingerprint density at radius 3 is 2.71 bits per heavy atom. The molecule has 0 unspecified atom stereocenters. The molecule has 114 valence electrons. The molecule has 0 bridgehead atoms. The zero-order chi connectivity index (χ0) is 15.0. The lowest BCUT2D eigenvalue weighted by Crippen LogP contribution is -2.26. The molecule has 1 aromatic carbocycles. The predicted molar refractivity (Wildman–Crippen MR) is 84.5 cm³/mol. The molecular formula is C17H24FN3. The van der Waals surface area contributed by atoms with E-state index in [2.05, 4.69) is 18.8 Å². The first kappa shape index (κ1) is 14.4. The van der Waals surface area contributed by atoms with Crippen LogP contribution in [0.15, 0.2) is 18.2 Å². The number of anilines is 1. The number of imidazole rings is 1. The largest absolute Gasteiger partial charge is 0.369 e. The summed E-state index contributed by atoms with van der Waals surface area (Å²) in [6.45, 7) is 5.40. The summed E-state index contributed by atoms with van der Waals surface area (Å²) in [7, 11) is 0. The van der Waals surface area contributed by atoms with Crippen molar-refractivity contribution in [2.45, 2.75) is 52.5 Å². The molecule has 21 heavy (non-hydrogen) atoms. The van der Waals surface area contributed by atoms with Crippen molar-refractivity contribution < 1.29 is 4.39 Å². The van der Waals surface area contributed by atoms with Crippen molar-refractivity contribution in [2.24, 2.45) is 11.3 Å². The van der Waals surface area contributed by atoms with E-state index in [-0.39, 0.29) is 5.82 Å². The number of aromatic nitrogens is 2. The Morgan fingerprint density at radius 1 is 1.33 bits per heavy atom. The first-order valence-electron chi connectivity index (χ1n) is 7.90. The molecule has 0 aliphatic heterocycles. The maximum Gasteiger partial charge on any atom is 0.201 e. The number of hydrogen-bond donors (Lipinski definition) is 1. The van der Waals surface area contributed by atoms with Crippen LogP contribution in [0.4, 0.5) is 10.3 Å². The Bertz CT molecular complexity index is 639. The molecule has 4 heteroatoms. The van der Waals surface area contributed by atoms with Crippen molar-refractivity contribution in [2.75, 3.05) is 5.73 Å². The summed E-state index contributed by atoms with van der Waals surface area (Å²) in [5.41, 5.74) is 8.00. The molecule has 1 aliphatic rings. The third-order valence-corrected chi connectivity index (χ3v) is 4.74. The zero-order valence-corrected chi connectivity index (χ0v) is 12.9. The minimum Gasteiger partial charge on any atom is -0.369 e. The van der Waals surface area contributed by atoms with E-state index in [1.807, 2.05) is 4.57 Å². The Kier molecular flexibility index (Phi) is 3.64. The van der Waals surface area contributed by atoms with E-state index >= 15 is 0 Å². The van der Waals surface area contributed by atoms with Gasteiger partial charge >= 0.3 is 0 Å². The summed E-state index contributed by atoms with van der Waals surface area (Å²) in [6.07, 6.45) is 6.24. The molecule has 1 aromatic heterocycles. The topological polar surface area (TPSA) is 43.8 Å².